The van der Waals surface area contributed by atoms with Crippen molar-refractivity contribution >= 4 is 12.0 Å². The zero-order valence-corrected chi connectivity index (χ0v) is 11.8. The summed E-state index contributed by atoms with van der Waals surface area (Å²) < 4.78 is 0. The summed E-state index contributed by atoms with van der Waals surface area (Å²) in [5.41, 5.74) is 0.644. The zero-order chi connectivity index (χ0) is 15.0. The van der Waals surface area contributed by atoms with Gasteiger partial charge >= 0.3 is 12.0 Å². The molecule has 20 heavy (non-hydrogen) atoms. The van der Waals surface area contributed by atoms with E-state index in [1.54, 1.807) is 6.20 Å². The van der Waals surface area contributed by atoms with Crippen molar-refractivity contribution in [3.63, 3.8) is 0 Å². The average Bonchev–Trinajstić information content (AvgIpc) is 2.42. The highest BCUT2D eigenvalue weighted by atomic mass is 16.4. The molecule has 110 valence electrons. The third kappa shape index (κ3) is 5.69. The lowest BCUT2D eigenvalue weighted by Crippen LogP contribution is -2.42. The second-order valence-corrected chi connectivity index (χ2v) is 5.21. The maximum absolute atomic E-state index is 11.6. The summed E-state index contributed by atoms with van der Waals surface area (Å²) in [5.74, 6) is -0.858. The normalized spacial score (nSPS) is 10.9. The molecule has 0 spiro atoms. The van der Waals surface area contributed by atoms with Gasteiger partial charge in [-0.25, -0.2) is 4.79 Å². The van der Waals surface area contributed by atoms with E-state index in [0.29, 0.717) is 19.5 Å². The van der Waals surface area contributed by atoms with Crippen LogP contribution in [0.15, 0.2) is 24.4 Å². The van der Waals surface area contributed by atoms with Crippen LogP contribution in [0.3, 0.4) is 0 Å². The van der Waals surface area contributed by atoms with Crippen LogP contribution in [0.5, 0.6) is 0 Å². The molecule has 0 saturated carbocycles. The largest absolute Gasteiger partial charge is 0.481 e. The smallest absolute Gasteiger partial charge is 0.314 e. The molecule has 0 unspecified atom stereocenters. The van der Waals surface area contributed by atoms with Crippen LogP contribution in [-0.2, 0) is 10.2 Å². The van der Waals surface area contributed by atoms with Crippen molar-refractivity contribution in [2.24, 2.45) is 0 Å². The topological polar surface area (TPSA) is 91.3 Å². The number of urea groups is 1. The predicted octanol–water partition coefficient (Wildman–Crippen LogP) is 1.52. The maximum atomic E-state index is 11.6. The monoisotopic (exact) mass is 279 g/mol. The molecular formula is C14H21N3O3. The number of rotatable bonds is 7. The predicted molar refractivity (Wildman–Crippen MR) is 75.5 cm³/mol. The number of hydrogen-bond acceptors (Lipinski definition) is 3. The van der Waals surface area contributed by atoms with E-state index in [-0.39, 0.29) is 17.9 Å². The van der Waals surface area contributed by atoms with Crippen molar-refractivity contribution in [2.75, 3.05) is 13.1 Å². The Bertz CT molecular complexity index is 446. The quantitative estimate of drug-likeness (QED) is 0.660. The van der Waals surface area contributed by atoms with Gasteiger partial charge < -0.3 is 15.7 Å². The van der Waals surface area contributed by atoms with Gasteiger partial charge in [-0.2, -0.15) is 0 Å². The number of carbonyl (C=O) groups is 2. The molecule has 6 heteroatoms. The van der Waals surface area contributed by atoms with Crippen molar-refractivity contribution in [1.82, 2.24) is 15.6 Å². The number of pyridine rings is 1. The molecule has 0 atom stereocenters. The van der Waals surface area contributed by atoms with Gasteiger partial charge in [-0.15, -0.1) is 0 Å². The van der Waals surface area contributed by atoms with E-state index in [9.17, 15) is 9.59 Å². The van der Waals surface area contributed by atoms with Gasteiger partial charge in [-0.3, -0.25) is 9.78 Å². The molecule has 1 rings (SSSR count). The first-order chi connectivity index (χ1) is 9.42. The van der Waals surface area contributed by atoms with E-state index in [0.717, 1.165) is 5.69 Å². The minimum Gasteiger partial charge on any atom is -0.481 e. The van der Waals surface area contributed by atoms with E-state index in [1.165, 1.54) is 0 Å². The summed E-state index contributed by atoms with van der Waals surface area (Å²) in [7, 11) is 0. The van der Waals surface area contributed by atoms with E-state index in [4.69, 9.17) is 5.11 Å². The van der Waals surface area contributed by atoms with Gasteiger partial charge in [0.2, 0.25) is 0 Å². The van der Waals surface area contributed by atoms with Crippen LogP contribution in [0.25, 0.3) is 0 Å². The Hall–Kier alpha value is -2.11. The van der Waals surface area contributed by atoms with Crippen LogP contribution < -0.4 is 10.6 Å². The molecule has 0 aliphatic rings. The first-order valence-corrected chi connectivity index (χ1v) is 6.57. The Morgan fingerprint density at radius 1 is 1.30 bits per heavy atom. The fourth-order valence-electron chi connectivity index (χ4n) is 1.66. The number of carboxylic acids is 1. The standard InChI is InChI=1S/C14H21N3O3/c1-14(2,11-6-3-4-8-15-11)10-17-13(20)16-9-5-7-12(18)19/h3-4,6,8H,5,7,9-10H2,1-2H3,(H,18,19)(H2,16,17,20). The number of nitrogens with zero attached hydrogens (tertiary/aromatic N) is 1. The van der Waals surface area contributed by atoms with Crippen molar-refractivity contribution < 1.29 is 14.7 Å². The van der Waals surface area contributed by atoms with Gasteiger partial charge in [0, 0.05) is 36.8 Å². The molecule has 0 aliphatic carbocycles. The number of hydrogen-bond donors (Lipinski definition) is 3. The molecular weight excluding hydrogens is 258 g/mol. The number of aliphatic carboxylic acids is 1. The van der Waals surface area contributed by atoms with Crippen LogP contribution in [-0.4, -0.2) is 35.2 Å². The molecule has 0 bridgehead atoms. The van der Waals surface area contributed by atoms with Crippen LogP contribution in [0.1, 0.15) is 32.4 Å². The second kappa shape index (κ2) is 7.47. The molecule has 0 aromatic carbocycles. The molecule has 1 aromatic rings. The molecule has 1 heterocycles. The van der Waals surface area contributed by atoms with Crippen LogP contribution in [0.4, 0.5) is 4.79 Å². The number of nitrogens with one attached hydrogen (secondary N) is 2. The molecule has 3 N–H and O–H groups in total. The highest BCUT2D eigenvalue weighted by molar-refractivity contribution is 5.74. The summed E-state index contributed by atoms with van der Waals surface area (Å²) in [6.07, 6.45) is 2.20. The molecule has 0 saturated heterocycles. The van der Waals surface area contributed by atoms with Gasteiger partial charge in [0.05, 0.1) is 0 Å². The van der Waals surface area contributed by atoms with Gasteiger partial charge in [0.1, 0.15) is 0 Å². The van der Waals surface area contributed by atoms with Gasteiger partial charge in [-0.1, -0.05) is 19.9 Å². The Balaban J connectivity index is 2.31. The molecule has 1 aromatic heterocycles. The number of carboxylic acid groups (broad SMARTS) is 1. The first kappa shape index (κ1) is 15.9. The van der Waals surface area contributed by atoms with Gasteiger partial charge in [0.15, 0.2) is 0 Å². The lowest BCUT2D eigenvalue weighted by atomic mass is 9.89. The highest BCUT2D eigenvalue weighted by Gasteiger charge is 2.22. The highest BCUT2D eigenvalue weighted by Crippen LogP contribution is 2.19. The second-order valence-electron chi connectivity index (χ2n) is 5.21. The first-order valence-electron chi connectivity index (χ1n) is 6.57. The summed E-state index contributed by atoms with van der Waals surface area (Å²) in [4.78, 5) is 26.2. The summed E-state index contributed by atoms with van der Waals surface area (Å²) in [5, 5.41) is 13.9. The third-order valence-electron chi connectivity index (χ3n) is 2.90. The van der Waals surface area contributed by atoms with Gasteiger partial charge in [-0.05, 0) is 18.6 Å². The molecule has 0 fully saturated rings. The third-order valence-corrected chi connectivity index (χ3v) is 2.90. The molecule has 6 nitrogen and oxygen atoms in total. The number of amides is 2. The number of aromatic nitrogens is 1. The zero-order valence-electron chi connectivity index (χ0n) is 11.8. The van der Waals surface area contributed by atoms with Crippen molar-refractivity contribution in [2.45, 2.75) is 32.1 Å². The van der Waals surface area contributed by atoms with Gasteiger partial charge in [0.25, 0.3) is 0 Å². The summed E-state index contributed by atoms with van der Waals surface area (Å²) >= 11 is 0. The van der Waals surface area contributed by atoms with E-state index in [2.05, 4.69) is 15.6 Å². The molecule has 2 amide bonds. The summed E-state index contributed by atoms with van der Waals surface area (Å²) in [6.45, 7) is 4.80. The maximum Gasteiger partial charge on any atom is 0.314 e. The molecule has 0 aliphatic heterocycles. The van der Waals surface area contributed by atoms with Crippen LogP contribution >= 0.6 is 0 Å². The van der Waals surface area contributed by atoms with E-state index < -0.39 is 5.97 Å². The van der Waals surface area contributed by atoms with E-state index >= 15 is 0 Å². The lowest BCUT2D eigenvalue weighted by molar-refractivity contribution is -0.137. The Labute approximate surface area is 118 Å². The minimum atomic E-state index is -0.858. The fraction of sp³-hybridized carbons (Fsp3) is 0.500. The van der Waals surface area contributed by atoms with Crippen LogP contribution in [0.2, 0.25) is 0 Å². The fourth-order valence-corrected chi connectivity index (χ4v) is 1.66. The SMILES string of the molecule is CC(C)(CNC(=O)NCCCC(=O)O)c1ccccn1. The minimum absolute atomic E-state index is 0.0553. The van der Waals surface area contributed by atoms with Crippen molar-refractivity contribution in [1.29, 1.82) is 0 Å². The average molecular weight is 279 g/mol. The van der Waals surface area contributed by atoms with Crippen molar-refractivity contribution in [3.05, 3.63) is 30.1 Å². The number of carbonyl (C=O) groups excluding carboxylic acids is 1. The lowest BCUT2D eigenvalue weighted by Gasteiger charge is -2.24. The summed E-state index contributed by atoms with van der Waals surface area (Å²) in [6, 6.07) is 5.39. The Kier molecular flexibility index (Phi) is 5.96. The van der Waals surface area contributed by atoms with E-state index in [1.807, 2.05) is 32.0 Å². The Morgan fingerprint density at radius 2 is 2.05 bits per heavy atom. The van der Waals surface area contributed by atoms with Crippen molar-refractivity contribution in [3.8, 4) is 0 Å². The molecule has 0 radical (unpaired) electrons. The Morgan fingerprint density at radius 3 is 2.65 bits per heavy atom. The van der Waals surface area contributed by atoms with Crippen LogP contribution in [0, 0.1) is 0 Å².